The van der Waals surface area contributed by atoms with E-state index in [1.54, 1.807) is 0 Å². The molecule has 0 aromatic rings. The molecular weight excluding hydrogens is 554 g/mol. The van der Waals surface area contributed by atoms with Gasteiger partial charge < -0.3 is 14.4 Å². The maximum atomic E-state index is 12.5. The van der Waals surface area contributed by atoms with Gasteiger partial charge >= 0.3 is 11.9 Å². The van der Waals surface area contributed by atoms with E-state index in [0.29, 0.717) is 32.5 Å². The molecule has 44 heavy (non-hydrogen) atoms. The second kappa shape index (κ2) is 32.2. The minimum Gasteiger partial charge on any atom is -0.461 e. The molecule has 256 valence electrons. The molecule has 0 aliphatic carbocycles. The Morgan fingerprint density at radius 3 is 1.48 bits per heavy atom. The van der Waals surface area contributed by atoms with E-state index in [1.165, 1.54) is 51.4 Å². The zero-order chi connectivity index (χ0) is 32.5. The first-order valence-electron chi connectivity index (χ1n) is 17.7. The summed E-state index contributed by atoms with van der Waals surface area (Å²) in [6.07, 6.45) is 27.4. The van der Waals surface area contributed by atoms with E-state index in [-0.39, 0.29) is 17.8 Å². The Hall–Kier alpha value is -2.19. The highest BCUT2D eigenvalue weighted by atomic mass is 16.5. The molecule has 0 saturated heterocycles. The van der Waals surface area contributed by atoms with Gasteiger partial charge in [0.2, 0.25) is 5.91 Å². The summed E-state index contributed by atoms with van der Waals surface area (Å²) in [5.41, 5.74) is 3.08. The van der Waals surface area contributed by atoms with Crippen LogP contribution in [0.15, 0.2) is 24.3 Å². The monoisotopic (exact) mass is 622 g/mol. The number of carbonyl (C=O) groups is 3. The number of carbonyl (C=O) groups excluding carboxylic acids is 3. The van der Waals surface area contributed by atoms with Crippen LogP contribution in [0.5, 0.6) is 0 Å². The van der Waals surface area contributed by atoms with Crippen molar-refractivity contribution in [2.45, 2.75) is 142 Å². The number of hydrazine groups is 1. The molecule has 0 fully saturated rings. The molecular formula is C36H67N3O5. The maximum absolute atomic E-state index is 12.5. The van der Waals surface area contributed by atoms with Crippen molar-refractivity contribution in [3.63, 3.8) is 0 Å². The minimum atomic E-state index is -0.149. The van der Waals surface area contributed by atoms with Gasteiger partial charge in [-0.15, -0.1) is 0 Å². The Morgan fingerprint density at radius 1 is 0.545 bits per heavy atom. The van der Waals surface area contributed by atoms with Crippen molar-refractivity contribution in [1.82, 2.24) is 15.3 Å². The van der Waals surface area contributed by atoms with E-state index in [9.17, 15) is 14.4 Å². The number of hydrogen-bond acceptors (Lipinski definition) is 7. The van der Waals surface area contributed by atoms with E-state index in [0.717, 1.165) is 77.4 Å². The third kappa shape index (κ3) is 31.2. The lowest BCUT2D eigenvalue weighted by Crippen LogP contribution is -2.43. The van der Waals surface area contributed by atoms with Crippen LogP contribution < -0.4 is 5.43 Å². The second-order valence-electron chi connectivity index (χ2n) is 12.1. The predicted octanol–water partition coefficient (Wildman–Crippen LogP) is 7.92. The first-order chi connectivity index (χ1) is 21.4. The number of nitrogens with zero attached hydrogens (tertiary/aromatic N) is 2. The molecule has 0 atom stereocenters. The molecule has 8 nitrogen and oxygen atoms in total. The predicted molar refractivity (Wildman–Crippen MR) is 182 cm³/mol. The minimum absolute atomic E-state index is 0.0378. The van der Waals surface area contributed by atoms with Crippen molar-refractivity contribution < 1.29 is 23.9 Å². The van der Waals surface area contributed by atoms with Gasteiger partial charge in [0, 0.05) is 32.4 Å². The molecule has 1 N–H and O–H groups in total. The van der Waals surface area contributed by atoms with E-state index >= 15 is 0 Å². The molecule has 0 heterocycles. The fraction of sp³-hybridized carbons (Fsp3) is 0.806. The summed E-state index contributed by atoms with van der Waals surface area (Å²) in [5, 5.41) is 2.01. The lowest BCUT2D eigenvalue weighted by Gasteiger charge is -2.23. The summed E-state index contributed by atoms with van der Waals surface area (Å²) in [6, 6.07) is 0. The fourth-order valence-electron chi connectivity index (χ4n) is 4.69. The van der Waals surface area contributed by atoms with Gasteiger partial charge in [0.15, 0.2) is 0 Å². The van der Waals surface area contributed by atoms with Crippen molar-refractivity contribution in [2.75, 3.05) is 46.9 Å². The van der Waals surface area contributed by atoms with E-state index in [2.05, 4.69) is 36.3 Å². The van der Waals surface area contributed by atoms with E-state index < -0.39 is 0 Å². The van der Waals surface area contributed by atoms with E-state index in [4.69, 9.17) is 9.47 Å². The summed E-state index contributed by atoms with van der Waals surface area (Å²) >= 11 is 0. The van der Waals surface area contributed by atoms with Gasteiger partial charge in [0.05, 0.1) is 0 Å². The smallest absolute Gasteiger partial charge is 0.306 e. The van der Waals surface area contributed by atoms with Gasteiger partial charge in [0.25, 0.3) is 0 Å². The van der Waals surface area contributed by atoms with Crippen LogP contribution in [0, 0.1) is 0 Å². The Balaban J connectivity index is 4.22. The second-order valence-corrected chi connectivity index (χ2v) is 12.1. The van der Waals surface area contributed by atoms with Gasteiger partial charge in [-0.3, -0.25) is 19.8 Å². The van der Waals surface area contributed by atoms with Crippen LogP contribution in [0.3, 0.4) is 0 Å². The van der Waals surface area contributed by atoms with Crippen molar-refractivity contribution in [1.29, 1.82) is 0 Å². The molecule has 8 heteroatoms. The third-order valence-corrected chi connectivity index (χ3v) is 7.37. The van der Waals surface area contributed by atoms with Crippen molar-refractivity contribution in [3.8, 4) is 0 Å². The van der Waals surface area contributed by atoms with Crippen LogP contribution in [-0.2, 0) is 23.9 Å². The molecule has 0 aliphatic rings. The van der Waals surface area contributed by atoms with Gasteiger partial charge in [-0.2, -0.15) is 0 Å². The molecule has 0 saturated carbocycles. The molecule has 0 aliphatic heterocycles. The molecule has 0 radical (unpaired) electrons. The zero-order valence-corrected chi connectivity index (χ0v) is 28.9. The molecule has 0 bridgehead atoms. The number of allylic oxidation sites excluding steroid dienone is 2. The van der Waals surface area contributed by atoms with Crippen molar-refractivity contribution in [2.24, 2.45) is 0 Å². The largest absolute Gasteiger partial charge is 0.461 e. The quantitative estimate of drug-likeness (QED) is 0.0364. The highest BCUT2D eigenvalue weighted by Gasteiger charge is 2.10. The number of hydrogen-bond donors (Lipinski definition) is 1. The first-order valence-corrected chi connectivity index (χ1v) is 17.7. The van der Waals surface area contributed by atoms with Gasteiger partial charge in [0.1, 0.15) is 13.2 Å². The van der Waals surface area contributed by atoms with Crippen LogP contribution >= 0.6 is 0 Å². The maximum Gasteiger partial charge on any atom is 0.306 e. The zero-order valence-electron chi connectivity index (χ0n) is 28.9. The summed E-state index contributed by atoms with van der Waals surface area (Å²) in [6.45, 7) is 7.48. The number of ether oxygens (including phenoxy) is 2. The number of esters is 2. The Labute approximate surface area is 270 Å². The number of rotatable bonds is 31. The topological polar surface area (TPSA) is 88.2 Å². The van der Waals surface area contributed by atoms with E-state index in [1.807, 2.05) is 31.3 Å². The number of unbranched alkanes of at least 4 members (excludes halogenated alkanes) is 12. The molecule has 0 unspecified atom stereocenters. The third-order valence-electron chi connectivity index (χ3n) is 7.37. The first kappa shape index (κ1) is 41.8. The SMILES string of the molecule is CCCCCC/C=C\COC(=O)CCCCCN(CCCCCC(=O)OC/C=C\CCCCCC)NC(=O)CCCN(C)C. The molecule has 0 rings (SSSR count). The lowest BCUT2D eigenvalue weighted by molar-refractivity contribution is -0.143. The average Bonchev–Trinajstić information content (AvgIpc) is 2.99. The van der Waals surface area contributed by atoms with Gasteiger partial charge in [-0.1, -0.05) is 89.5 Å². The highest BCUT2D eigenvalue weighted by molar-refractivity contribution is 5.75. The Kier molecular flexibility index (Phi) is 30.6. The van der Waals surface area contributed by atoms with Crippen LogP contribution in [0.4, 0.5) is 0 Å². The average molecular weight is 622 g/mol. The Morgan fingerprint density at radius 2 is 1.02 bits per heavy atom. The van der Waals surface area contributed by atoms with Gasteiger partial charge in [-0.05, 0) is 78.4 Å². The molecule has 1 amide bonds. The molecule has 0 aromatic heterocycles. The normalized spacial score (nSPS) is 11.7. The summed E-state index contributed by atoms with van der Waals surface area (Å²) in [4.78, 5) is 38.6. The van der Waals surface area contributed by atoms with Gasteiger partial charge in [-0.25, -0.2) is 5.01 Å². The summed E-state index contributed by atoms with van der Waals surface area (Å²) < 4.78 is 10.6. The van der Waals surface area contributed by atoms with Crippen LogP contribution in [-0.4, -0.2) is 74.7 Å². The lowest BCUT2D eigenvalue weighted by atomic mass is 10.1. The Bertz CT molecular complexity index is 706. The van der Waals surface area contributed by atoms with Crippen LogP contribution in [0.25, 0.3) is 0 Å². The van der Waals surface area contributed by atoms with Crippen molar-refractivity contribution in [3.05, 3.63) is 24.3 Å². The van der Waals surface area contributed by atoms with Crippen molar-refractivity contribution >= 4 is 17.8 Å². The fourth-order valence-corrected chi connectivity index (χ4v) is 4.69. The number of nitrogens with one attached hydrogen (secondary N) is 1. The highest BCUT2D eigenvalue weighted by Crippen LogP contribution is 2.08. The standard InChI is InChI=1S/C36H67N3O5/c1-5-7-9-11-13-15-23-32-43-35(41)27-19-17-21-30-39(37-34(40)26-25-29-38(3)4)31-22-18-20-28-36(42)44-33-24-16-14-12-10-8-6-2/h15-16,23-24H,5-14,17-22,25-33H2,1-4H3,(H,37,40)/b23-15-,24-16-. The summed E-state index contributed by atoms with van der Waals surface area (Å²) in [7, 11) is 4.02. The summed E-state index contributed by atoms with van der Waals surface area (Å²) in [5.74, 6) is -0.261. The molecule has 0 aromatic carbocycles. The van der Waals surface area contributed by atoms with Crippen LogP contribution in [0.1, 0.15) is 142 Å². The molecule has 0 spiro atoms. The number of amides is 1. The van der Waals surface area contributed by atoms with Crippen LogP contribution in [0.2, 0.25) is 0 Å².